The molecule has 3 unspecified atom stereocenters. The van der Waals surface area contributed by atoms with Gasteiger partial charge < -0.3 is 21.3 Å². The van der Waals surface area contributed by atoms with Crippen LogP contribution in [0.3, 0.4) is 0 Å². The Hall–Kier alpha value is -1.14. The maximum Gasteiger partial charge on any atom is 0.241 e. The number of amides is 2. The van der Waals surface area contributed by atoms with Gasteiger partial charge in [0.1, 0.15) is 0 Å². The molecule has 2 rings (SSSR count). The first-order valence-corrected chi connectivity index (χ1v) is 6.63. The van der Waals surface area contributed by atoms with Gasteiger partial charge in [-0.3, -0.25) is 9.59 Å². The van der Waals surface area contributed by atoms with Crippen molar-refractivity contribution in [2.24, 2.45) is 11.7 Å². The number of nitrogens with zero attached hydrogens (tertiary/aromatic N) is 1. The van der Waals surface area contributed by atoms with Gasteiger partial charge in [0.2, 0.25) is 11.8 Å². The predicted octanol–water partition coefficient (Wildman–Crippen LogP) is -1.34. The summed E-state index contributed by atoms with van der Waals surface area (Å²) in [6, 6.07) is 0.0182. The lowest BCUT2D eigenvalue weighted by Gasteiger charge is -2.39. The molecule has 0 aromatic rings. The summed E-state index contributed by atoms with van der Waals surface area (Å²) in [5.74, 6) is -0.406. The van der Waals surface area contributed by atoms with Crippen LogP contribution in [-0.2, 0) is 9.59 Å². The van der Waals surface area contributed by atoms with Crippen LogP contribution in [0.2, 0.25) is 0 Å². The third kappa shape index (κ3) is 2.81. The summed E-state index contributed by atoms with van der Waals surface area (Å²) in [6.45, 7) is 4.85. The number of carbonyl (C=O) groups is 2. The number of hydrogen-bond donors (Lipinski definition) is 3. The van der Waals surface area contributed by atoms with Crippen molar-refractivity contribution in [3.05, 3.63) is 0 Å². The normalized spacial score (nSPS) is 33.2. The summed E-state index contributed by atoms with van der Waals surface area (Å²) >= 11 is 0. The minimum atomic E-state index is -0.297. The lowest BCUT2D eigenvalue weighted by atomic mass is 9.92. The van der Waals surface area contributed by atoms with Gasteiger partial charge in [0.05, 0.1) is 12.0 Å². The highest BCUT2D eigenvalue weighted by atomic mass is 16.2. The fourth-order valence-electron chi connectivity index (χ4n) is 2.67. The van der Waals surface area contributed by atoms with Gasteiger partial charge in [-0.1, -0.05) is 0 Å². The molecule has 0 bridgehead atoms. The Labute approximate surface area is 107 Å². The molecule has 102 valence electrons. The Morgan fingerprint density at radius 3 is 2.67 bits per heavy atom. The largest absolute Gasteiger partial charge is 0.369 e. The Morgan fingerprint density at radius 2 is 2.06 bits per heavy atom. The molecule has 0 aromatic heterocycles. The highest BCUT2D eigenvalue weighted by Crippen LogP contribution is 2.22. The van der Waals surface area contributed by atoms with Crippen molar-refractivity contribution in [3.63, 3.8) is 0 Å². The monoisotopic (exact) mass is 254 g/mol. The van der Waals surface area contributed by atoms with Gasteiger partial charge in [-0.25, -0.2) is 0 Å². The van der Waals surface area contributed by atoms with E-state index in [-0.39, 0.29) is 29.8 Å². The number of rotatable bonds is 2. The van der Waals surface area contributed by atoms with E-state index in [0.29, 0.717) is 13.1 Å². The molecule has 6 heteroatoms. The van der Waals surface area contributed by atoms with Gasteiger partial charge in [0.25, 0.3) is 0 Å². The first-order valence-electron chi connectivity index (χ1n) is 6.63. The Morgan fingerprint density at radius 1 is 1.28 bits per heavy atom. The molecule has 2 fully saturated rings. The third-order valence-corrected chi connectivity index (χ3v) is 3.91. The van der Waals surface area contributed by atoms with Crippen LogP contribution >= 0.6 is 0 Å². The van der Waals surface area contributed by atoms with E-state index in [4.69, 9.17) is 5.73 Å². The molecule has 3 atom stereocenters. The molecule has 18 heavy (non-hydrogen) atoms. The first-order chi connectivity index (χ1) is 8.59. The van der Waals surface area contributed by atoms with E-state index >= 15 is 0 Å². The zero-order chi connectivity index (χ0) is 13.1. The van der Waals surface area contributed by atoms with Crippen molar-refractivity contribution in [2.45, 2.75) is 31.8 Å². The van der Waals surface area contributed by atoms with Gasteiger partial charge in [-0.15, -0.1) is 0 Å². The van der Waals surface area contributed by atoms with Crippen LogP contribution in [0, 0.1) is 5.92 Å². The van der Waals surface area contributed by atoms with E-state index in [1.807, 2.05) is 11.8 Å². The Bertz CT molecular complexity index is 328. The molecule has 2 saturated heterocycles. The number of piperidine rings is 1. The molecular formula is C12H22N4O2. The van der Waals surface area contributed by atoms with E-state index < -0.39 is 0 Å². The number of nitrogens with one attached hydrogen (secondary N) is 2. The molecule has 2 aliphatic heterocycles. The molecule has 0 radical (unpaired) electrons. The minimum Gasteiger partial charge on any atom is -0.369 e. The molecular weight excluding hydrogens is 232 g/mol. The van der Waals surface area contributed by atoms with Crippen molar-refractivity contribution in [3.8, 4) is 0 Å². The van der Waals surface area contributed by atoms with Gasteiger partial charge >= 0.3 is 0 Å². The van der Waals surface area contributed by atoms with Crippen molar-refractivity contribution in [2.75, 3.05) is 26.2 Å². The van der Waals surface area contributed by atoms with E-state index in [2.05, 4.69) is 10.6 Å². The van der Waals surface area contributed by atoms with Crippen LogP contribution in [-0.4, -0.2) is 55.0 Å². The van der Waals surface area contributed by atoms with Crippen molar-refractivity contribution >= 4 is 11.8 Å². The SMILES string of the molecule is CC1CCC(C(N)=O)CN1C(=O)C1CNCCN1. The highest BCUT2D eigenvalue weighted by molar-refractivity contribution is 5.84. The van der Waals surface area contributed by atoms with Crippen LogP contribution in [0.25, 0.3) is 0 Å². The molecule has 0 aliphatic carbocycles. The highest BCUT2D eigenvalue weighted by Gasteiger charge is 2.34. The average Bonchev–Trinajstić information content (AvgIpc) is 2.39. The average molecular weight is 254 g/mol. The number of carbonyl (C=O) groups excluding carboxylic acids is 2. The predicted molar refractivity (Wildman–Crippen MR) is 67.8 cm³/mol. The molecule has 2 amide bonds. The second kappa shape index (κ2) is 5.67. The Kier molecular flexibility index (Phi) is 4.19. The van der Waals surface area contributed by atoms with E-state index in [1.54, 1.807) is 0 Å². The Balaban J connectivity index is 2.00. The maximum atomic E-state index is 12.4. The van der Waals surface area contributed by atoms with E-state index in [1.165, 1.54) is 0 Å². The van der Waals surface area contributed by atoms with Crippen molar-refractivity contribution < 1.29 is 9.59 Å². The number of piperazine rings is 1. The van der Waals surface area contributed by atoms with Crippen LogP contribution in [0.15, 0.2) is 0 Å². The third-order valence-electron chi connectivity index (χ3n) is 3.91. The fourth-order valence-corrected chi connectivity index (χ4v) is 2.67. The van der Waals surface area contributed by atoms with Crippen LogP contribution in [0.4, 0.5) is 0 Å². The second-order valence-electron chi connectivity index (χ2n) is 5.23. The van der Waals surface area contributed by atoms with Gasteiger partial charge in [-0.2, -0.15) is 0 Å². The number of hydrogen-bond acceptors (Lipinski definition) is 4. The first kappa shape index (κ1) is 13.3. The number of likely N-dealkylation sites (tertiary alicyclic amines) is 1. The molecule has 6 nitrogen and oxygen atoms in total. The lowest BCUT2D eigenvalue weighted by molar-refractivity contribution is -0.139. The summed E-state index contributed by atoms with van der Waals surface area (Å²) in [5, 5.41) is 6.41. The van der Waals surface area contributed by atoms with E-state index in [0.717, 1.165) is 25.9 Å². The summed E-state index contributed by atoms with van der Waals surface area (Å²) in [7, 11) is 0. The van der Waals surface area contributed by atoms with Crippen LogP contribution < -0.4 is 16.4 Å². The van der Waals surface area contributed by atoms with Gasteiger partial charge in [0, 0.05) is 32.2 Å². The summed E-state index contributed by atoms with van der Waals surface area (Å²) in [6.07, 6.45) is 1.64. The minimum absolute atomic E-state index is 0.0839. The number of nitrogens with two attached hydrogens (primary N) is 1. The summed E-state index contributed by atoms with van der Waals surface area (Å²) in [5.41, 5.74) is 5.35. The molecule has 2 heterocycles. The quantitative estimate of drug-likeness (QED) is 0.569. The summed E-state index contributed by atoms with van der Waals surface area (Å²) in [4.78, 5) is 25.5. The van der Waals surface area contributed by atoms with Crippen LogP contribution in [0.5, 0.6) is 0 Å². The second-order valence-corrected chi connectivity index (χ2v) is 5.23. The molecule has 0 spiro atoms. The molecule has 0 aromatic carbocycles. The number of primary amides is 1. The lowest BCUT2D eigenvalue weighted by Crippen LogP contribution is -2.60. The van der Waals surface area contributed by atoms with Gasteiger partial charge in [-0.05, 0) is 19.8 Å². The zero-order valence-electron chi connectivity index (χ0n) is 10.8. The smallest absolute Gasteiger partial charge is 0.241 e. The van der Waals surface area contributed by atoms with E-state index in [9.17, 15) is 9.59 Å². The molecule has 2 aliphatic rings. The fraction of sp³-hybridized carbons (Fsp3) is 0.833. The summed E-state index contributed by atoms with van der Waals surface area (Å²) < 4.78 is 0. The van der Waals surface area contributed by atoms with Gasteiger partial charge in [0.15, 0.2) is 0 Å². The van der Waals surface area contributed by atoms with Crippen molar-refractivity contribution in [1.29, 1.82) is 0 Å². The zero-order valence-corrected chi connectivity index (χ0v) is 10.8. The van der Waals surface area contributed by atoms with Crippen molar-refractivity contribution in [1.82, 2.24) is 15.5 Å². The van der Waals surface area contributed by atoms with Crippen LogP contribution in [0.1, 0.15) is 19.8 Å². The maximum absolute atomic E-state index is 12.4. The molecule has 4 N–H and O–H groups in total. The molecule has 0 saturated carbocycles. The standard InChI is InChI=1S/C12H22N4O2/c1-8-2-3-9(11(13)17)7-16(8)12(18)10-6-14-4-5-15-10/h8-10,14-15H,2-7H2,1H3,(H2,13,17). The topological polar surface area (TPSA) is 87.5 Å².